The van der Waals surface area contributed by atoms with Crippen molar-refractivity contribution in [2.45, 2.75) is 32.4 Å². The highest BCUT2D eigenvalue weighted by atomic mass is 79.9. The first-order chi connectivity index (χ1) is 14.4. The van der Waals surface area contributed by atoms with E-state index in [2.05, 4.69) is 21.2 Å². The molecule has 2 amide bonds. The van der Waals surface area contributed by atoms with Crippen molar-refractivity contribution in [2.24, 2.45) is 0 Å². The lowest BCUT2D eigenvalue weighted by atomic mass is 10.1. The molecule has 0 saturated carbocycles. The van der Waals surface area contributed by atoms with Gasteiger partial charge in [-0.05, 0) is 40.5 Å². The number of hydrogen-bond acceptors (Lipinski definition) is 5. The van der Waals surface area contributed by atoms with E-state index in [0.29, 0.717) is 53.9 Å². The Morgan fingerprint density at radius 2 is 1.87 bits per heavy atom. The first-order valence-corrected chi connectivity index (χ1v) is 10.6. The molecule has 3 N–H and O–H groups in total. The first kappa shape index (κ1) is 22.0. The van der Waals surface area contributed by atoms with Crippen molar-refractivity contribution >= 4 is 33.6 Å². The largest absolute Gasteiger partial charge is 0.489 e. The number of aryl methyl sites for hydroxylation is 1. The molecule has 1 saturated heterocycles. The summed E-state index contributed by atoms with van der Waals surface area (Å²) in [5.41, 5.74) is 9.00. The molecular weight excluding hydrogens is 450 g/mol. The molecule has 0 atom stereocenters. The van der Waals surface area contributed by atoms with Crippen molar-refractivity contribution in [2.75, 3.05) is 25.9 Å². The number of benzene rings is 2. The van der Waals surface area contributed by atoms with Crippen LogP contribution in [-0.4, -0.2) is 43.2 Å². The average Bonchev–Trinajstić information content (AvgIpc) is 2.75. The molecule has 0 spiro atoms. The fourth-order valence-electron chi connectivity index (χ4n) is 3.30. The first-order valence-electron chi connectivity index (χ1n) is 9.79. The number of halogens is 1. The van der Waals surface area contributed by atoms with Crippen LogP contribution in [-0.2, 0) is 11.3 Å². The van der Waals surface area contributed by atoms with Crippen LogP contribution in [0.3, 0.4) is 0 Å². The SMILES string of the molecule is COC(=O)N1CCC(Oc2cc(C(=O)NCc3ccc(C)cc3)c(N)cc2Br)CC1. The van der Waals surface area contributed by atoms with Crippen molar-refractivity contribution in [1.82, 2.24) is 10.2 Å². The number of ether oxygens (including phenoxy) is 2. The predicted molar refractivity (Wildman–Crippen MR) is 119 cm³/mol. The number of nitrogens with one attached hydrogen (secondary N) is 1. The maximum absolute atomic E-state index is 12.7. The summed E-state index contributed by atoms with van der Waals surface area (Å²) >= 11 is 3.46. The molecule has 0 unspecified atom stereocenters. The van der Waals surface area contributed by atoms with Gasteiger partial charge in [-0.2, -0.15) is 0 Å². The van der Waals surface area contributed by atoms with Gasteiger partial charge >= 0.3 is 6.09 Å². The molecule has 2 aromatic rings. The molecule has 2 aromatic carbocycles. The zero-order valence-electron chi connectivity index (χ0n) is 17.1. The van der Waals surface area contributed by atoms with Crippen LogP contribution >= 0.6 is 15.9 Å². The summed E-state index contributed by atoms with van der Waals surface area (Å²) < 4.78 is 11.6. The number of nitrogen functional groups attached to an aromatic ring is 1. The number of rotatable bonds is 5. The molecular formula is C22H26BrN3O4. The van der Waals surface area contributed by atoms with Crippen LogP contribution in [0.25, 0.3) is 0 Å². The minimum Gasteiger partial charge on any atom is -0.489 e. The second kappa shape index (κ2) is 9.84. The van der Waals surface area contributed by atoms with Gasteiger partial charge in [-0.3, -0.25) is 4.79 Å². The second-order valence-corrected chi connectivity index (χ2v) is 8.17. The smallest absolute Gasteiger partial charge is 0.409 e. The third-order valence-corrected chi connectivity index (χ3v) is 5.71. The molecule has 1 fully saturated rings. The Kier molecular flexibility index (Phi) is 7.20. The average molecular weight is 476 g/mol. The number of piperidine rings is 1. The number of methoxy groups -OCH3 is 1. The molecule has 0 bridgehead atoms. The third-order valence-electron chi connectivity index (χ3n) is 5.09. The van der Waals surface area contributed by atoms with Crippen LogP contribution in [0.1, 0.15) is 34.3 Å². The van der Waals surface area contributed by atoms with Gasteiger partial charge in [0.1, 0.15) is 11.9 Å². The van der Waals surface area contributed by atoms with Gasteiger partial charge in [0.2, 0.25) is 0 Å². The van der Waals surface area contributed by atoms with Gasteiger partial charge in [0.05, 0.1) is 17.1 Å². The van der Waals surface area contributed by atoms with Crippen molar-refractivity contribution in [3.63, 3.8) is 0 Å². The summed E-state index contributed by atoms with van der Waals surface area (Å²) in [4.78, 5) is 26.0. The number of nitrogens with two attached hydrogens (primary N) is 1. The topological polar surface area (TPSA) is 93.9 Å². The number of hydrogen-bond donors (Lipinski definition) is 2. The molecule has 7 nitrogen and oxygen atoms in total. The Hall–Kier alpha value is -2.74. The highest BCUT2D eigenvalue weighted by molar-refractivity contribution is 9.10. The van der Waals surface area contributed by atoms with Crippen molar-refractivity contribution in [3.05, 3.63) is 57.6 Å². The van der Waals surface area contributed by atoms with Gasteiger partial charge in [0, 0.05) is 38.2 Å². The normalized spacial score (nSPS) is 14.3. The fraction of sp³-hybridized carbons (Fsp3) is 0.364. The van der Waals surface area contributed by atoms with E-state index in [1.54, 1.807) is 17.0 Å². The van der Waals surface area contributed by atoms with Gasteiger partial charge in [0.25, 0.3) is 5.91 Å². The third kappa shape index (κ3) is 5.44. The molecule has 160 valence electrons. The van der Waals surface area contributed by atoms with Crippen molar-refractivity contribution in [1.29, 1.82) is 0 Å². The van der Waals surface area contributed by atoms with Gasteiger partial charge in [-0.1, -0.05) is 29.8 Å². The molecule has 8 heteroatoms. The monoisotopic (exact) mass is 475 g/mol. The summed E-state index contributed by atoms with van der Waals surface area (Å²) in [6.45, 7) is 3.56. The molecule has 0 aliphatic carbocycles. The minimum atomic E-state index is -0.324. The molecule has 30 heavy (non-hydrogen) atoms. The number of anilines is 1. The molecule has 3 rings (SSSR count). The molecule has 0 radical (unpaired) electrons. The lowest BCUT2D eigenvalue weighted by Crippen LogP contribution is -2.41. The van der Waals surface area contributed by atoms with E-state index in [-0.39, 0.29) is 18.1 Å². The summed E-state index contributed by atoms with van der Waals surface area (Å²) in [5, 5.41) is 2.90. The quantitative estimate of drug-likeness (QED) is 0.639. The van der Waals surface area contributed by atoms with E-state index in [0.717, 1.165) is 5.56 Å². The zero-order valence-corrected chi connectivity index (χ0v) is 18.7. The van der Waals surface area contributed by atoms with Gasteiger partial charge in [-0.25, -0.2) is 4.79 Å². The van der Waals surface area contributed by atoms with Crippen LogP contribution in [0.4, 0.5) is 10.5 Å². The van der Waals surface area contributed by atoms with Crippen molar-refractivity contribution < 1.29 is 19.1 Å². The highest BCUT2D eigenvalue weighted by Crippen LogP contribution is 2.32. The number of amides is 2. The maximum atomic E-state index is 12.7. The second-order valence-electron chi connectivity index (χ2n) is 7.31. The summed E-state index contributed by atoms with van der Waals surface area (Å²) in [6.07, 6.45) is 0.978. The number of carbonyl (C=O) groups is 2. The molecule has 1 aliphatic rings. The Labute approximate surface area is 184 Å². The maximum Gasteiger partial charge on any atom is 0.409 e. The van der Waals surface area contributed by atoms with Crippen molar-refractivity contribution in [3.8, 4) is 5.75 Å². The number of likely N-dealkylation sites (tertiary alicyclic amines) is 1. The minimum absolute atomic E-state index is 0.0608. The number of carbonyl (C=O) groups excluding carboxylic acids is 2. The van der Waals surface area contributed by atoms with Crippen LogP contribution in [0.15, 0.2) is 40.9 Å². The van der Waals surface area contributed by atoms with E-state index < -0.39 is 0 Å². The predicted octanol–water partition coefficient (Wildman–Crippen LogP) is 3.88. The van der Waals surface area contributed by atoms with Gasteiger partial charge < -0.3 is 25.4 Å². The zero-order chi connectivity index (χ0) is 21.7. The Morgan fingerprint density at radius 3 is 2.50 bits per heavy atom. The van der Waals surface area contributed by atoms with E-state index in [9.17, 15) is 9.59 Å². The van der Waals surface area contributed by atoms with Crippen LogP contribution in [0.2, 0.25) is 0 Å². The Balaban J connectivity index is 1.64. The van der Waals surface area contributed by atoms with Crippen LogP contribution in [0, 0.1) is 6.92 Å². The fourth-order valence-corrected chi connectivity index (χ4v) is 3.76. The summed E-state index contributed by atoms with van der Waals surface area (Å²) in [5.74, 6) is 0.298. The highest BCUT2D eigenvalue weighted by Gasteiger charge is 2.25. The standard InChI is InChI=1S/C22H26BrN3O4/c1-14-3-5-15(6-4-14)13-25-21(27)17-11-20(18(23)12-19(17)24)30-16-7-9-26(10-8-16)22(28)29-2/h3-6,11-12,16H,7-10,13,24H2,1-2H3,(H,25,27). The number of nitrogens with zero attached hydrogens (tertiary/aromatic N) is 1. The summed E-state index contributed by atoms with van der Waals surface area (Å²) in [7, 11) is 1.38. The van der Waals surface area contributed by atoms with E-state index in [4.69, 9.17) is 15.2 Å². The van der Waals surface area contributed by atoms with Crippen LogP contribution < -0.4 is 15.8 Å². The lowest BCUT2D eigenvalue weighted by molar-refractivity contribution is 0.0785. The molecule has 1 aliphatic heterocycles. The Morgan fingerprint density at radius 1 is 1.20 bits per heavy atom. The lowest BCUT2D eigenvalue weighted by Gasteiger charge is -2.31. The van der Waals surface area contributed by atoms with Gasteiger partial charge in [-0.15, -0.1) is 0 Å². The molecule has 0 aromatic heterocycles. The van der Waals surface area contributed by atoms with E-state index >= 15 is 0 Å². The van der Waals surface area contributed by atoms with E-state index in [1.165, 1.54) is 12.7 Å². The van der Waals surface area contributed by atoms with E-state index in [1.807, 2.05) is 31.2 Å². The van der Waals surface area contributed by atoms with Gasteiger partial charge in [0.15, 0.2) is 0 Å². The molecule has 1 heterocycles. The Bertz CT molecular complexity index is 909. The van der Waals surface area contributed by atoms with Crippen LogP contribution in [0.5, 0.6) is 5.75 Å². The summed E-state index contributed by atoms with van der Waals surface area (Å²) in [6, 6.07) is 11.3.